The summed E-state index contributed by atoms with van der Waals surface area (Å²) in [6.45, 7) is 2.01. The van der Waals surface area contributed by atoms with Crippen LogP contribution in [-0.2, 0) is 4.79 Å². The molecule has 8 heteroatoms. The second-order valence-electron chi connectivity index (χ2n) is 7.33. The summed E-state index contributed by atoms with van der Waals surface area (Å²) >= 11 is 0. The highest BCUT2D eigenvalue weighted by Crippen LogP contribution is 2.55. The van der Waals surface area contributed by atoms with Gasteiger partial charge in [0.25, 0.3) is 0 Å². The number of fused-ring (bicyclic) bond motifs is 1. The smallest absolute Gasteiger partial charge is 0.219 e. The van der Waals surface area contributed by atoms with Crippen LogP contribution in [-0.4, -0.2) is 43.8 Å². The number of methoxy groups -OCH3 is 2. The molecule has 1 N–H and O–H groups in total. The van der Waals surface area contributed by atoms with Gasteiger partial charge in [-0.2, -0.15) is 15.8 Å². The average Bonchev–Trinajstić information content (AvgIpc) is 2.77. The second-order valence-corrected chi connectivity index (χ2v) is 7.33. The Morgan fingerprint density at radius 1 is 1.23 bits per heavy atom. The zero-order valence-corrected chi connectivity index (χ0v) is 17.0. The van der Waals surface area contributed by atoms with E-state index in [0.717, 1.165) is 0 Å². The highest BCUT2D eigenvalue weighted by Gasteiger charge is 2.58. The number of carbonyl (C=O) groups is 1. The summed E-state index contributed by atoms with van der Waals surface area (Å²) in [6.07, 6.45) is 1.77. The molecule has 1 aliphatic heterocycles. The maximum atomic E-state index is 12.1. The first-order chi connectivity index (χ1) is 14.4. The minimum atomic E-state index is -1.89. The van der Waals surface area contributed by atoms with Gasteiger partial charge in [-0.3, -0.25) is 4.79 Å². The lowest BCUT2D eigenvalue weighted by atomic mass is 9.54. The van der Waals surface area contributed by atoms with E-state index in [9.17, 15) is 20.6 Å². The van der Waals surface area contributed by atoms with Gasteiger partial charge >= 0.3 is 0 Å². The Labute approximate surface area is 175 Å². The van der Waals surface area contributed by atoms with Gasteiger partial charge < -0.3 is 19.8 Å². The topological polar surface area (TPSA) is 134 Å². The summed E-state index contributed by atoms with van der Waals surface area (Å²) in [6, 6.07) is 11.2. The standard InChI is InChI=1S/C22H21N5O3/c1-13(28)27-7-6-15-17(9-23)21(26)22(11-24,12-25)20(18(15)10-27)16-8-14(29-2)4-5-19(16)30-3/h4-6,8,17-18,20,26H,7,10H2,1-3H3/t17?,18-,20-/m1/s1. The molecule has 1 saturated carbocycles. The average molecular weight is 403 g/mol. The number of hydrogen-bond acceptors (Lipinski definition) is 7. The molecule has 1 aromatic rings. The van der Waals surface area contributed by atoms with Crippen molar-refractivity contribution in [3.63, 3.8) is 0 Å². The molecule has 2 aliphatic rings. The summed E-state index contributed by atoms with van der Waals surface area (Å²) in [5.74, 6) is -1.50. The first-order valence-corrected chi connectivity index (χ1v) is 9.36. The SMILES string of the molecule is COc1ccc(OC)c([C@@H]2[C@@H]3CN(C(C)=O)CC=C3C(C#N)C(=N)C2(C#N)C#N)c1. The number of nitrogens with zero attached hydrogens (tertiary/aromatic N) is 4. The molecular weight excluding hydrogens is 382 g/mol. The Hall–Kier alpha value is -3.83. The number of hydrogen-bond donors (Lipinski definition) is 1. The van der Waals surface area contributed by atoms with Crippen LogP contribution in [0, 0.1) is 56.7 Å². The molecule has 3 rings (SSSR count). The fraction of sp³-hybridized carbons (Fsp3) is 0.409. The zero-order chi connectivity index (χ0) is 22.1. The third-order valence-electron chi connectivity index (χ3n) is 6.01. The van der Waals surface area contributed by atoms with Crippen LogP contribution in [0.3, 0.4) is 0 Å². The number of benzene rings is 1. The summed E-state index contributed by atoms with van der Waals surface area (Å²) in [7, 11) is 2.99. The highest BCUT2D eigenvalue weighted by molar-refractivity contribution is 6.01. The van der Waals surface area contributed by atoms with E-state index < -0.39 is 23.2 Å². The van der Waals surface area contributed by atoms with E-state index >= 15 is 0 Å². The molecule has 1 heterocycles. The normalized spacial score (nSPS) is 24.4. The van der Waals surface area contributed by atoms with Crippen molar-refractivity contribution in [2.45, 2.75) is 12.8 Å². The van der Waals surface area contributed by atoms with Crippen molar-refractivity contribution >= 4 is 11.6 Å². The Kier molecular flexibility index (Phi) is 5.49. The number of nitrogens with one attached hydrogen (secondary N) is 1. The van der Waals surface area contributed by atoms with E-state index in [1.165, 1.54) is 21.1 Å². The predicted octanol–water partition coefficient (Wildman–Crippen LogP) is 2.40. The molecule has 30 heavy (non-hydrogen) atoms. The summed E-state index contributed by atoms with van der Waals surface area (Å²) in [5, 5.41) is 38.7. The molecule has 0 saturated heterocycles. The Morgan fingerprint density at radius 2 is 1.93 bits per heavy atom. The van der Waals surface area contributed by atoms with Gasteiger partial charge in [-0.15, -0.1) is 0 Å². The van der Waals surface area contributed by atoms with Crippen LogP contribution >= 0.6 is 0 Å². The van der Waals surface area contributed by atoms with Crippen LogP contribution in [0.4, 0.5) is 0 Å². The Bertz CT molecular complexity index is 1040. The number of carbonyl (C=O) groups excluding carboxylic acids is 1. The summed E-state index contributed by atoms with van der Waals surface area (Å²) < 4.78 is 10.9. The van der Waals surface area contributed by atoms with Crippen LogP contribution < -0.4 is 9.47 Å². The maximum Gasteiger partial charge on any atom is 0.219 e. The summed E-state index contributed by atoms with van der Waals surface area (Å²) in [4.78, 5) is 13.7. The van der Waals surface area contributed by atoms with E-state index in [1.54, 1.807) is 29.2 Å². The van der Waals surface area contributed by atoms with Crippen molar-refractivity contribution in [2.24, 2.45) is 17.3 Å². The molecule has 152 valence electrons. The predicted molar refractivity (Wildman–Crippen MR) is 107 cm³/mol. The van der Waals surface area contributed by atoms with Crippen LogP contribution in [0.2, 0.25) is 0 Å². The second kappa shape index (κ2) is 7.89. The molecule has 0 aromatic heterocycles. The molecule has 1 amide bonds. The van der Waals surface area contributed by atoms with Gasteiger partial charge in [-0.1, -0.05) is 6.08 Å². The molecule has 3 atom stereocenters. The van der Waals surface area contributed by atoms with Crippen molar-refractivity contribution in [2.75, 3.05) is 27.3 Å². The zero-order valence-electron chi connectivity index (χ0n) is 17.0. The van der Waals surface area contributed by atoms with Crippen LogP contribution in [0.1, 0.15) is 18.4 Å². The van der Waals surface area contributed by atoms with Crippen molar-refractivity contribution in [3.05, 3.63) is 35.4 Å². The monoisotopic (exact) mass is 403 g/mol. The first kappa shape index (κ1) is 20.9. The Balaban J connectivity index is 2.33. The lowest BCUT2D eigenvalue weighted by Crippen LogP contribution is -2.53. The lowest BCUT2D eigenvalue weighted by molar-refractivity contribution is -0.129. The van der Waals surface area contributed by atoms with Gasteiger partial charge in [0.15, 0.2) is 5.41 Å². The number of nitriles is 3. The van der Waals surface area contributed by atoms with E-state index in [1.807, 2.05) is 12.1 Å². The van der Waals surface area contributed by atoms with Gasteiger partial charge in [0.05, 0.1) is 38.1 Å². The molecular formula is C22H21N5O3. The van der Waals surface area contributed by atoms with Crippen LogP contribution in [0.25, 0.3) is 0 Å². The molecule has 0 radical (unpaired) electrons. The molecule has 1 fully saturated rings. The van der Waals surface area contributed by atoms with Gasteiger partial charge in [0.1, 0.15) is 17.4 Å². The van der Waals surface area contributed by atoms with Crippen molar-refractivity contribution in [3.8, 4) is 29.7 Å². The van der Waals surface area contributed by atoms with Crippen molar-refractivity contribution < 1.29 is 14.3 Å². The van der Waals surface area contributed by atoms with E-state index in [2.05, 4.69) is 6.07 Å². The first-order valence-electron chi connectivity index (χ1n) is 9.36. The fourth-order valence-corrected chi connectivity index (χ4v) is 4.49. The van der Waals surface area contributed by atoms with E-state index in [-0.39, 0.29) is 18.2 Å². The maximum absolute atomic E-state index is 12.1. The highest BCUT2D eigenvalue weighted by atomic mass is 16.5. The summed E-state index contributed by atoms with van der Waals surface area (Å²) in [5.41, 5.74) is -0.941. The largest absolute Gasteiger partial charge is 0.497 e. The van der Waals surface area contributed by atoms with Gasteiger partial charge in [-0.05, 0) is 23.8 Å². The van der Waals surface area contributed by atoms with Crippen LogP contribution in [0.5, 0.6) is 11.5 Å². The van der Waals surface area contributed by atoms with Gasteiger partial charge in [-0.25, -0.2) is 0 Å². The quantitative estimate of drug-likeness (QED) is 0.770. The molecule has 1 aliphatic carbocycles. The number of ether oxygens (including phenoxy) is 2. The molecule has 0 spiro atoms. The molecule has 0 bridgehead atoms. The lowest BCUT2D eigenvalue weighted by Gasteiger charge is -2.47. The van der Waals surface area contributed by atoms with Crippen LogP contribution in [0.15, 0.2) is 29.8 Å². The fourth-order valence-electron chi connectivity index (χ4n) is 4.49. The molecule has 8 nitrogen and oxygen atoms in total. The number of rotatable bonds is 3. The molecule has 1 unspecified atom stereocenters. The van der Waals surface area contributed by atoms with Crippen molar-refractivity contribution in [1.29, 1.82) is 21.2 Å². The van der Waals surface area contributed by atoms with E-state index in [4.69, 9.17) is 14.9 Å². The van der Waals surface area contributed by atoms with Crippen molar-refractivity contribution in [1.82, 2.24) is 4.90 Å². The third kappa shape index (κ3) is 2.96. The number of amides is 1. The minimum absolute atomic E-state index is 0.143. The third-order valence-corrected chi connectivity index (χ3v) is 6.01. The molecule has 1 aromatic carbocycles. The minimum Gasteiger partial charge on any atom is -0.497 e. The van der Waals surface area contributed by atoms with Gasteiger partial charge in [0.2, 0.25) is 5.91 Å². The Morgan fingerprint density at radius 3 is 2.47 bits per heavy atom. The van der Waals surface area contributed by atoms with E-state index in [0.29, 0.717) is 29.2 Å². The van der Waals surface area contributed by atoms with Gasteiger partial charge in [0, 0.05) is 37.4 Å².